The Kier molecular flexibility index (Phi) is 2.27. The normalized spacial score (nSPS) is 26.1. The van der Waals surface area contributed by atoms with Crippen LogP contribution in [0.25, 0.3) is 0 Å². The minimum absolute atomic E-state index is 0.167. The molecule has 0 radical (unpaired) electrons. The number of nitrogens with zero attached hydrogens (tertiary/aromatic N) is 2. The van der Waals surface area contributed by atoms with Gasteiger partial charge < -0.3 is 0 Å². The number of hydrogen-bond acceptors (Lipinski definition) is 3. The molecule has 0 N–H and O–H groups in total. The summed E-state index contributed by atoms with van der Waals surface area (Å²) >= 11 is 1.56. The van der Waals surface area contributed by atoms with Gasteiger partial charge in [-0.05, 0) is 48.8 Å². The number of fused-ring (bicyclic) bond motifs is 3. The second-order valence-electron chi connectivity index (χ2n) is 5.05. The Morgan fingerprint density at radius 2 is 2.11 bits per heavy atom. The first kappa shape index (κ1) is 10.6. The van der Waals surface area contributed by atoms with Gasteiger partial charge in [-0.25, -0.2) is 4.99 Å². The van der Waals surface area contributed by atoms with E-state index < -0.39 is 0 Å². The van der Waals surface area contributed by atoms with Crippen LogP contribution < -0.4 is 0 Å². The van der Waals surface area contributed by atoms with Crippen molar-refractivity contribution in [1.82, 2.24) is 4.90 Å². The van der Waals surface area contributed by atoms with Gasteiger partial charge in [0.05, 0.1) is 11.4 Å². The first-order chi connectivity index (χ1) is 8.83. The number of aliphatic imine (C=N–C) groups is 1. The standard InChI is InChI=1S/C14H14N2OS/c17-12-8-18-14-15-13-10(7-16(12)14)6-5-9-3-1-2-4-11(9)13/h3,7H,1-2,4-6,8H2. The summed E-state index contributed by atoms with van der Waals surface area (Å²) in [7, 11) is 0. The molecule has 1 saturated heterocycles. The molecule has 4 heteroatoms. The molecule has 4 rings (SSSR count). The first-order valence-corrected chi connectivity index (χ1v) is 7.48. The minimum Gasteiger partial charge on any atom is -0.273 e. The molecule has 3 nitrogen and oxygen atoms in total. The highest BCUT2D eigenvalue weighted by Crippen LogP contribution is 2.42. The SMILES string of the molecule is O=C1CSC2=NC3=C4CCCC=C4CCC3=CN12. The Labute approximate surface area is 110 Å². The second-order valence-corrected chi connectivity index (χ2v) is 5.99. The summed E-state index contributed by atoms with van der Waals surface area (Å²) in [6.45, 7) is 0. The maximum atomic E-state index is 11.7. The number of carbonyl (C=O) groups is 1. The van der Waals surface area contributed by atoms with Crippen molar-refractivity contribution < 1.29 is 4.79 Å². The van der Waals surface area contributed by atoms with E-state index in [4.69, 9.17) is 4.99 Å². The molecule has 0 saturated carbocycles. The number of thioether (sulfide) groups is 1. The molecule has 0 aromatic rings. The lowest BCUT2D eigenvalue weighted by atomic mass is 9.81. The minimum atomic E-state index is 0.167. The average molecular weight is 258 g/mol. The number of amidine groups is 1. The Bertz CT molecular complexity index is 568. The third-order valence-corrected chi connectivity index (χ3v) is 4.89. The van der Waals surface area contributed by atoms with Crippen LogP contribution in [-0.2, 0) is 4.79 Å². The van der Waals surface area contributed by atoms with Crippen molar-refractivity contribution in [1.29, 1.82) is 0 Å². The van der Waals surface area contributed by atoms with Crippen LogP contribution in [-0.4, -0.2) is 21.7 Å². The molecular weight excluding hydrogens is 244 g/mol. The second kappa shape index (κ2) is 3.85. The molecule has 0 aromatic heterocycles. The highest BCUT2D eigenvalue weighted by molar-refractivity contribution is 8.15. The van der Waals surface area contributed by atoms with Crippen LogP contribution in [0.15, 0.2) is 39.7 Å². The van der Waals surface area contributed by atoms with Crippen LogP contribution >= 0.6 is 11.8 Å². The maximum absolute atomic E-state index is 11.7. The van der Waals surface area contributed by atoms with E-state index in [1.165, 1.54) is 35.3 Å². The first-order valence-electron chi connectivity index (χ1n) is 6.50. The molecule has 92 valence electrons. The quantitative estimate of drug-likeness (QED) is 0.669. The van der Waals surface area contributed by atoms with Gasteiger partial charge >= 0.3 is 0 Å². The lowest BCUT2D eigenvalue weighted by Gasteiger charge is -2.30. The molecule has 2 heterocycles. The van der Waals surface area contributed by atoms with Crippen molar-refractivity contribution in [2.75, 3.05) is 5.75 Å². The van der Waals surface area contributed by atoms with Gasteiger partial charge in [0, 0.05) is 6.20 Å². The van der Waals surface area contributed by atoms with Gasteiger partial charge in [0.15, 0.2) is 5.17 Å². The van der Waals surface area contributed by atoms with Crippen LogP contribution in [0.3, 0.4) is 0 Å². The number of amides is 1. The fourth-order valence-corrected chi connectivity index (χ4v) is 3.89. The van der Waals surface area contributed by atoms with Gasteiger partial charge in [-0.2, -0.15) is 0 Å². The number of hydrogen-bond donors (Lipinski definition) is 0. The Morgan fingerprint density at radius 1 is 1.22 bits per heavy atom. The van der Waals surface area contributed by atoms with Crippen molar-refractivity contribution in [2.24, 2.45) is 4.99 Å². The summed E-state index contributed by atoms with van der Waals surface area (Å²) in [4.78, 5) is 18.2. The zero-order chi connectivity index (χ0) is 12.1. The van der Waals surface area contributed by atoms with Crippen molar-refractivity contribution in [3.05, 3.63) is 34.7 Å². The van der Waals surface area contributed by atoms with E-state index in [1.807, 2.05) is 6.20 Å². The summed E-state index contributed by atoms with van der Waals surface area (Å²) in [5.41, 5.74) is 5.36. The van der Waals surface area contributed by atoms with E-state index in [9.17, 15) is 4.79 Å². The van der Waals surface area contributed by atoms with Gasteiger partial charge in [0.25, 0.3) is 0 Å². The van der Waals surface area contributed by atoms with Gasteiger partial charge in [-0.15, -0.1) is 0 Å². The molecule has 2 aliphatic carbocycles. The molecule has 0 aromatic carbocycles. The van der Waals surface area contributed by atoms with Crippen LogP contribution in [0.2, 0.25) is 0 Å². The van der Waals surface area contributed by atoms with Crippen molar-refractivity contribution in [2.45, 2.75) is 32.1 Å². The summed E-state index contributed by atoms with van der Waals surface area (Å²) < 4.78 is 0. The van der Waals surface area contributed by atoms with Gasteiger partial charge in [0.2, 0.25) is 5.91 Å². The predicted molar refractivity (Wildman–Crippen MR) is 73.0 cm³/mol. The van der Waals surface area contributed by atoms with E-state index in [0.717, 1.165) is 24.4 Å². The largest absolute Gasteiger partial charge is 0.273 e. The van der Waals surface area contributed by atoms with E-state index in [2.05, 4.69) is 6.08 Å². The topological polar surface area (TPSA) is 32.7 Å². The Morgan fingerprint density at radius 3 is 3.06 bits per heavy atom. The van der Waals surface area contributed by atoms with Crippen molar-refractivity contribution in [3.8, 4) is 0 Å². The molecular formula is C14H14N2OS. The predicted octanol–water partition coefficient (Wildman–Crippen LogP) is 2.97. The average Bonchev–Trinajstić information content (AvgIpc) is 2.78. The summed E-state index contributed by atoms with van der Waals surface area (Å²) in [5, 5.41) is 0.873. The summed E-state index contributed by atoms with van der Waals surface area (Å²) in [6.07, 6.45) is 10.1. The van der Waals surface area contributed by atoms with E-state index in [1.54, 1.807) is 16.7 Å². The van der Waals surface area contributed by atoms with Crippen LogP contribution in [0.4, 0.5) is 0 Å². The fourth-order valence-electron chi connectivity index (χ4n) is 3.05. The van der Waals surface area contributed by atoms with Crippen molar-refractivity contribution >= 4 is 22.8 Å². The third-order valence-electron chi connectivity index (χ3n) is 3.95. The van der Waals surface area contributed by atoms with Crippen LogP contribution in [0, 0.1) is 0 Å². The van der Waals surface area contributed by atoms with Crippen LogP contribution in [0.1, 0.15) is 32.1 Å². The van der Waals surface area contributed by atoms with Crippen molar-refractivity contribution in [3.63, 3.8) is 0 Å². The summed E-state index contributed by atoms with van der Waals surface area (Å²) in [6, 6.07) is 0. The lowest BCUT2D eigenvalue weighted by molar-refractivity contribution is -0.122. The molecule has 2 aliphatic heterocycles. The number of carbonyl (C=O) groups excluding carboxylic acids is 1. The third kappa shape index (κ3) is 1.45. The molecule has 1 fully saturated rings. The fraction of sp³-hybridized carbons (Fsp3) is 0.429. The molecule has 1 amide bonds. The molecule has 18 heavy (non-hydrogen) atoms. The van der Waals surface area contributed by atoms with Gasteiger partial charge in [-0.3, -0.25) is 9.69 Å². The lowest BCUT2D eigenvalue weighted by Crippen LogP contribution is -2.28. The molecule has 0 bridgehead atoms. The Hall–Kier alpha value is -1.29. The molecule has 0 spiro atoms. The summed E-state index contributed by atoms with van der Waals surface area (Å²) in [5.74, 6) is 0.703. The smallest absolute Gasteiger partial charge is 0.243 e. The highest BCUT2D eigenvalue weighted by Gasteiger charge is 2.33. The van der Waals surface area contributed by atoms with E-state index in [-0.39, 0.29) is 5.91 Å². The number of allylic oxidation sites excluding steroid dienone is 4. The monoisotopic (exact) mass is 258 g/mol. The van der Waals surface area contributed by atoms with Gasteiger partial charge in [0.1, 0.15) is 0 Å². The van der Waals surface area contributed by atoms with Gasteiger partial charge in [-0.1, -0.05) is 17.8 Å². The Balaban J connectivity index is 1.86. The zero-order valence-corrected chi connectivity index (χ0v) is 10.9. The van der Waals surface area contributed by atoms with E-state index in [0.29, 0.717) is 5.75 Å². The zero-order valence-electron chi connectivity index (χ0n) is 10.1. The molecule has 0 atom stereocenters. The molecule has 4 aliphatic rings. The number of rotatable bonds is 0. The molecule has 0 unspecified atom stereocenters. The van der Waals surface area contributed by atoms with E-state index >= 15 is 0 Å². The maximum Gasteiger partial charge on any atom is 0.243 e. The van der Waals surface area contributed by atoms with Crippen LogP contribution in [0.5, 0.6) is 0 Å². The highest BCUT2D eigenvalue weighted by atomic mass is 32.2.